The second kappa shape index (κ2) is 12.2. The Morgan fingerprint density at radius 2 is 1.46 bits per heavy atom. The second-order valence-corrected chi connectivity index (χ2v) is 6.70. The van der Waals surface area contributed by atoms with Crippen molar-refractivity contribution in [1.82, 2.24) is 16.0 Å². The Hall–Kier alpha value is -2.38. The summed E-state index contributed by atoms with van der Waals surface area (Å²) in [6.45, 7) is 2.50. The maximum absolute atomic E-state index is 12.4. The summed E-state index contributed by atoms with van der Waals surface area (Å²) in [5, 5.41) is 24.7. The van der Waals surface area contributed by atoms with Crippen molar-refractivity contribution in [2.75, 3.05) is 12.4 Å². The van der Waals surface area contributed by atoms with Crippen molar-refractivity contribution < 1.29 is 34.2 Å². The van der Waals surface area contributed by atoms with Gasteiger partial charge in [-0.2, -0.15) is 12.6 Å². The lowest BCUT2D eigenvalue weighted by Gasteiger charge is -2.24. The number of rotatable bonds is 12. The number of hydrogen-bond donors (Lipinski definition) is 8. The van der Waals surface area contributed by atoms with Gasteiger partial charge in [0, 0.05) is 5.75 Å². The smallest absolute Gasteiger partial charge is 0.326 e. The van der Waals surface area contributed by atoms with Gasteiger partial charge in [-0.3, -0.25) is 19.2 Å². The molecular formula is C15H27N5O7S. The fourth-order valence-electron chi connectivity index (χ4n) is 2.01. The van der Waals surface area contributed by atoms with Crippen LogP contribution in [0.3, 0.4) is 0 Å². The van der Waals surface area contributed by atoms with E-state index in [4.69, 9.17) is 21.7 Å². The van der Waals surface area contributed by atoms with E-state index in [0.29, 0.717) is 0 Å². The number of aliphatic hydroxyl groups excluding tert-OH is 1. The van der Waals surface area contributed by atoms with E-state index in [1.54, 1.807) is 13.8 Å². The molecule has 4 atom stereocenters. The average Bonchev–Trinajstić information content (AvgIpc) is 2.61. The van der Waals surface area contributed by atoms with Crippen LogP contribution in [0.15, 0.2) is 0 Å². The minimum absolute atomic E-state index is 0.185. The van der Waals surface area contributed by atoms with Gasteiger partial charge in [0.25, 0.3) is 0 Å². The second-order valence-electron chi connectivity index (χ2n) is 6.33. The minimum atomic E-state index is -1.45. The van der Waals surface area contributed by atoms with Gasteiger partial charge < -0.3 is 37.6 Å². The molecule has 0 saturated heterocycles. The molecule has 0 aliphatic heterocycles. The molecule has 12 nitrogen and oxygen atoms in total. The van der Waals surface area contributed by atoms with Gasteiger partial charge in [-0.1, -0.05) is 13.8 Å². The number of aliphatic carboxylic acids is 1. The summed E-state index contributed by atoms with van der Waals surface area (Å²) in [4.78, 5) is 58.8. The molecular weight excluding hydrogens is 394 g/mol. The van der Waals surface area contributed by atoms with Crippen LogP contribution in [0.2, 0.25) is 0 Å². The predicted molar refractivity (Wildman–Crippen MR) is 101 cm³/mol. The van der Waals surface area contributed by atoms with Gasteiger partial charge in [-0.15, -0.1) is 0 Å². The van der Waals surface area contributed by atoms with E-state index in [0.717, 1.165) is 0 Å². The van der Waals surface area contributed by atoms with E-state index in [9.17, 15) is 24.0 Å². The molecule has 4 amide bonds. The lowest BCUT2D eigenvalue weighted by molar-refractivity contribution is -0.143. The number of amides is 4. The molecule has 0 saturated carbocycles. The zero-order valence-electron chi connectivity index (χ0n) is 15.5. The first-order chi connectivity index (χ1) is 12.9. The Bertz CT molecular complexity index is 601. The van der Waals surface area contributed by atoms with Crippen molar-refractivity contribution in [2.24, 2.45) is 17.4 Å². The average molecular weight is 421 g/mol. The summed E-state index contributed by atoms with van der Waals surface area (Å²) in [5.74, 6) is -5.39. The molecule has 160 valence electrons. The maximum Gasteiger partial charge on any atom is 0.326 e. The van der Waals surface area contributed by atoms with Gasteiger partial charge in [0.2, 0.25) is 23.6 Å². The molecule has 4 unspecified atom stereocenters. The van der Waals surface area contributed by atoms with Crippen molar-refractivity contribution in [3.8, 4) is 0 Å². The summed E-state index contributed by atoms with van der Waals surface area (Å²) < 4.78 is 0. The van der Waals surface area contributed by atoms with Crippen LogP contribution < -0.4 is 27.4 Å². The fourth-order valence-corrected chi connectivity index (χ4v) is 2.26. The topological polar surface area (TPSA) is 214 Å². The van der Waals surface area contributed by atoms with Gasteiger partial charge >= 0.3 is 5.97 Å². The van der Waals surface area contributed by atoms with Crippen LogP contribution in [0.1, 0.15) is 20.3 Å². The van der Waals surface area contributed by atoms with Crippen molar-refractivity contribution in [2.45, 2.75) is 44.4 Å². The highest BCUT2D eigenvalue weighted by molar-refractivity contribution is 7.80. The fraction of sp³-hybridized carbons (Fsp3) is 0.667. The van der Waals surface area contributed by atoms with Gasteiger partial charge in [0.15, 0.2) is 0 Å². The number of primary amides is 1. The third kappa shape index (κ3) is 8.54. The number of carboxylic acids is 1. The summed E-state index contributed by atoms with van der Waals surface area (Å²) >= 11 is 3.96. The van der Waals surface area contributed by atoms with Crippen molar-refractivity contribution in [3.63, 3.8) is 0 Å². The highest BCUT2D eigenvalue weighted by Gasteiger charge is 2.31. The molecule has 0 bridgehead atoms. The predicted octanol–water partition coefficient (Wildman–Crippen LogP) is -3.69. The molecule has 0 fully saturated rings. The SMILES string of the molecule is CC(C)C(NC(=O)C(CS)NC(=O)C(CC(N)=O)NC(=O)C(N)CO)C(=O)O. The van der Waals surface area contributed by atoms with Crippen LogP contribution in [0.5, 0.6) is 0 Å². The Labute approximate surface area is 167 Å². The summed E-state index contributed by atoms with van der Waals surface area (Å²) in [6, 6.07) is -5.20. The standard InChI is InChI=1S/C15H27N5O7S/c1-6(2)11(15(26)27)20-14(25)9(5-28)19-13(24)8(3-10(17)22)18-12(23)7(16)4-21/h6-9,11,21,28H,3-5,16H2,1-2H3,(H2,17,22)(H,18,23)(H,19,24)(H,20,25)(H,26,27). The lowest BCUT2D eigenvalue weighted by atomic mass is 10.0. The molecule has 28 heavy (non-hydrogen) atoms. The normalized spacial score (nSPS) is 15.1. The number of hydrogen-bond acceptors (Lipinski definition) is 8. The van der Waals surface area contributed by atoms with Crippen LogP contribution >= 0.6 is 12.6 Å². The van der Waals surface area contributed by atoms with E-state index in [-0.39, 0.29) is 5.75 Å². The Morgan fingerprint density at radius 3 is 1.86 bits per heavy atom. The monoisotopic (exact) mass is 421 g/mol. The summed E-state index contributed by atoms with van der Waals surface area (Å²) in [5.41, 5.74) is 10.4. The maximum atomic E-state index is 12.4. The van der Waals surface area contributed by atoms with Gasteiger partial charge in [-0.25, -0.2) is 4.79 Å². The van der Waals surface area contributed by atoms with Crippen LogP contribution in [-0.2, 0) is 24.0 Å². The van der Waals surface area contributed by atoms with Crippen molar-refractivity contribution in [3.05, 3.63) is 0 Å². The largest absolute Gasteiger partial charge is 0.480 e. The van der Waals surface area contributed by atoms with Crippen LogP contribution in [0, 0.1) is 5.92 Å². The third-order valence-corrected chi connectivity index (χ3v) is 3.98. The molecule has 0 spiro atoms. The zero-order chi connectivity index (χ0) is 22.0. The Balaban J connectivity index is 5.21. The Kier molecular flexibility index (Phi) is 11.1. The molecule has 9 N–H and O–H groups in total. The zero-order valence-corrected chi connectivity index (χ0v) is 16.4. The molecule has 0 aromatic carbocycles. The molecule has 0 radical (unpaired) electrons. The number of nitrogens with two attached hydrogens (primary N) is 2. The summed E-state index contributed by atoms with van der Waals surface area (Å²) in [6.07, 6.45) is -0.583. The number of carbonyl (C=O) groups is 5. The molecule has 0 aliphatic carbocycles. The number of carboxylic acid groups (broad SMARTS) is 1. The van der Waals surface area contributed by atoms with E-state index in [2.05, 4.69) is 28.6 Å². The first kappa shape index (κ1) is 25.6. The van der Waals surface area contributed by atoms with Crippen LogP contribution in [0.25, 0.3) is 0 Å². The first-order valence-corrected chi connectivity index (χ1v) is 8.97. The minimum Gasteiger partial charge on any atom is -0.480 e. The molecule has 0 heterocycles. The van der Waals surface area contributed by atoms with E-state index in [1.807, 2.05) is 0 Å². The summed E-state index contributed by atoms with van der Waals surface area (Å²) in [7, 11) is 0. The van der Waals surface area contributed by atoms with E-state index in [1.165, 1.54) is 0 Å². The van der Waals surface area contributed by atoms with Gasteiger partial charge in [0.1, 0.15) is 24.2 Å². The van der Waals surface area contributed by atoms with Crippen LogP contribution in [-0.4, -0.2) is 76.3 Å². The van der Waals surface area contributed by atoms with Gasteiger partial charge in [-0.05, 0) is 5.92 Å². The quantitative estimate of drug-likeness (QED) is 0.146. The highest BCUT2D eigenvalue weighted by Crippen LogP contribution is 2.03. The highest BCUT2D eigenvalue weighted by atomic mass is 32.1. The first-order valence-electron chi connectivity index (χ1n) is 8.34. The molecule has 0 rings (SSSR count). The van der Waals surface area contributed by atoms with Crippen molar-refractivity contribution >= 4 is 42.2 Å². The molecule has 0 aromatic rings. The Morgan fingerprint density at radius 1 is 0.964 bits per heavy atom. The lowest BCUT2D eigenvalue weighted by Crippen LogP contribution is -2.59. The number of thiol groups is 1. The third-order valence-electron chi connectivity index (χ3n) is 3.62. The molecule has 0 aromatic heterocycles. The number of carbonyl (C=O) groups excluding carboxylic acids is 4. The van der Waals surface area contributed by atoms with E-state index < -0.39 is 72.7 Å². The van der Waals surface area contributed by atoms with Crippen molar-refractivity contribution in [1.29, 1.82) is 0 Å². The van der Waals surface area contributed by atoms with Gasteiger partial charge in [0.05, 0.1) is 13.0 Å². The van der Waals surface area contributed by atoms with E-state index >= 15 is 0 Å². The van der Waals surface area contributed by atoms with Crippen LogP contribution in [0.4, 0.5) is 0 Å². The molecule has 0 aliphatic rings. The molecule has 13 heteroatoms. The number of nitrogens with one attached hydrogen (secondary N) is 3. The number of aliphatic hydroxyl groups is 1.